The van der Waals surface area contributed by atoms with E-state index in [0.29, 0.717) is 48.3 Å². The smallest absolute Gasteiger partial charge is 0.181 e. The molecule has 0 radical (unpaired) electrons. The second-order valence-electron chi connectivity index (χ2n) is 9.12. The van der Waals surface area contributed by atoms with Crippen LogP contribution in [0.5, 0.6) is 0 Å². The van der Waals surface area contributed by atoms with E-state index in [0.717, 1.165) is 15.4 Å². The minimum Gasteiger partial charge on any atom is -0.382 e. The summed E-state index contributed by atoms with van der Waals surface area (Å²) in [5, 5.41) is 14.9. The molecule has 1 aromatic carbocycles. The van der Waals surface area contributed by atoms with Crippen molar-refractivity contribution in [1.82, 2.24) is 10.3 Å². The molecule has 176 valence electrons. The highest BCUT2D eigenvalue weighted by atomic mass is 32.2. The van der Waals surface area contributed by atoms with Crippen LogP contribution in [0.25, 0.3) is 10.4 Å². The van der Waals surface area contributed by atoms with Crippen LogP contribution in [0, 0.1) is 5.41 Å². The Labute approximate surface area is 199 Å². The normalized spacial score (nSPS) is 20.3. The van der Waals surface area contributed by atoms with Crippen molar-refractivity contribution in [3.8, 4) is 10.4 Å². The third-order valence-corrected chi connectivity index (χ3v) is 10.0. The lowest BCUT2D eigenvalue weighted by Gasteiger charge is -2.26. The van der Waals surface area contributed by atoms with Crippen molar-refractivity contribution >= 4 is 33.1 Å². The molecule has 33 heavy (non-hydrogen) atoms. The van der Waals surface area contributed by atoms with Gasteiger partial charge in [-0.25, -0.2) is 13.4 Å². The van der Waals surface area contributed by atoms with E-state index >= 15 is 0 Å². The molecule has 2 saturated carbocycles. The van der Waals surface area contributed by atoms with E-state index in [1.807, 2.05) is 18.3 Å². The van der Waals surface area contributed by atoms with E-state index in [1.54, 1.807) is 23.6 Å². The third-order valence-electron chi connectivity index (χ3n) is 6.55. The predicted octanol–water partition coefficient (Wildman–Crippen LogP) is 4.69. The summed E-state index contributed by atoms with van der Waals surface area (Å²) >= 11 is 1.63. The van der Waals surface area contributed by atoms with Crippen molar-refractivity contribution in [1.29, 1.82) is 5.41 Å². The first-order valence-electron chi connectivity index (χ1n) is 11.7. The molecule has 2 aromatic rings. The zero-order chi connectivity index (χ0) is 22.8. The second kappa shape index (κ2) is 9.56. The van der Waals surface area contributed by atoms with Crippen molar-refractivity contribution in [2.24, 2.45) is 0 Å². The van der Waals surface area contributed by atoms with Crippen LogP contribution in [0.15, 0.2) is 41.2 Å². The summed E-state index contributed by atoms with van der Waals surface area (Å²) < 4.78 is 31.8. The topological polar surface area (TPSA) is 104 Å². The van der Waals surface area contributed by atoms with E-state index in [9.17, 15) is 8.42 Å². The quantitative estimate of drug-likeness (QED) is 0.445. The van der Waals surface area contributed by atoms with Crippen molar-refractivity contribution in [3.05, 3.63) is 41.3 Å². The van der Waals surface area contributed by atoms with E-state index in [2.05, 4.69) is 15.6 Å². The number of nitrogens with one attached hydrogen (secondary N) is 3. The van der Waals surface area contributed by atoms with Gasteiger partial charge in [0.15, 0.2) is 9.84 Å². The van der Waals surface area contributed by atoms with Gasteiger partial charge in [0.05, 0.1) is 45.0 Å². The number of rotatable bonds is 9. The molecule has 0 spiro atoms. The van der Waals surface area contributed by atoms with Gasteiger partial charge in [0, 0.05) is 35.8 Å². The molecule has 1 saturated heterocycles. The average molecular weight is 487 g/mol. The third kappa shape index (κ3) is 5.00. The predicted molar refractivity (Wildman–Crippen MR) is 132 cm³/mol. The molecule has 7 nitrogen and oxygen atoms in total. The zero-order valence-electron chi connectivity index (χ0n) is 18.5. The Hall–Kier alpha value is -2.23. The van der Waals surface area contributed by atoms with Crippen LogP contribution in [0.3, 0.4) is 0 Å². The highest BCUT2D eigenvalue weighted by Crippen LogP contribution is 2.42. The lowest BCUT2D eigenvalue weighted by atomic mass is 9.90. The first-order chi connectivity index (χ1) is 16.0. The van der Waals surface area contributed by atoms with Gasteiger partial charge in [-0.1, -0.05) is 25.3 Å². The number of sulfone groups is 1. The van der Waals surface area contributed by atoms with E-state index in [1.165, 1.54) is 38.3 Å². The molecule has 3 aliphatic rings. The highest BCUT2D eigenvalue weighted by Gasteiger charge is 2.38. The monoisotopic (exact) mass is 486 g/mol. The standard InChI is InChI=1S/C24H30N4O3S2/c25-11-18(12-26-19-14-31-15-19)28-17-6-9-21(23(10-17)33(29,30)20-7-8-20)22-13-27-24(32-22)16-4-2-1-3-5-16/h6,9-13,16,19-20,25-26,28H,1-5,7-8,14-15H2/b18-12+,25-11?. The molecule has 2 heterocycles. The van der Waals surface area contributed by atoms with Gasteiger partial charge in [0.2, 0.25) is 0 Å². The van der Waals surface area contributed by atoms with Crippen LogP contribution in [-0.4, -0.2) is 44.1 Å². The summed E-state index contributed by atoms with van der Waals surface area (Å²) in [4.78, 5) is 5.96. The zero-order valence-corrected chi connectivity index (χ0v) is 20.2. The number of thiazole rings is 1. The fourth-order valence-electron chi connectivity index (χ4n) is 4.37. The summed E-state index contributed by atoms with van der Waals surface area (Å²) in [6, 6.07) is 5.72. The molecule has 1 aliphatic heterocycles. The number of aromatic nitrogens is 1. The van der Waals surface area contributed by atoms with Gasteiger partial charge >= 0.3 is 0 Å². The molecule has 5 rings (SSSR count). The number of hydrogen-bond acceptors (Lipinski definition) is 8. The Morgan fingerprint density at radius 1 is 1.15 bits per heavy atom. The van der Waals surface area contributed by atoms with E-state index in [-0.39, 0.29) is 11.3 Å². The van der Waals surface area contributed by atoms with Gasteiger partial charge < -0.3 is 20.8 Å². The molecule has 9 heteroatoms. The molecule has 0 amide bonds. The fraction of sp³-hybridized carbons (Fsp3) is 0.500. The van der Waals surface area contributed by atoms with Gasteiger partial charge in [-0.2, -0.15) is 0 Å². The van der Waals surface area contributed by atoms with Crippen molar-refractivity contribution in [2.75, 3.05) is 18.5 Å². The van der Waals surface area contributed by atoms with Crippen LogP contribution < -0.4 is 10.6 Å². The van der Waals surface area contributed by atoms with Gasteiger partial charge in [-0.05, 0) is 37.8 Å². The summed E-state index contributed by atoms with van der Waals surface area (Å²) in [5.74, 6) is 0.496. The Morgan fingerprint density at radius 3 is 2.61 bits per heavy atom. The Balaban J connectivity index is 1.44. The van der Waals surface area contributed by atoms with Crippen molar-refractivity contribution in [2.45, 2.75) is 67.1 Å². The lowest BCUT2D eigenvalue weighted by molar-refractivity contribution is 0.000724. The summed E-state index contributed by atoms with van der Waals surface area (Å²) in [6.45, 7) is 1.30. The minimum absolute atomic E-state index is 0.250. The van der Waals surface area contributed by atoms with Gasteiger partial charge in [-0.3, -0.25) is 0 Å². The van der Waals surface area contributed by atoms with Gasteiger partial charge in [0.25, 0.3) is 0 Å². The molecule has 3 fully saturated rings. The Bertz CT molecular complexity index is 1140. The van der Waals surface area contributed by atoms with Crippen molar-refractivity contribution < 1.29 is 13.2 Å². The number of nitrogens with zero attached hydrogens (tertiary/aromatic N) is 1. The summed E-state index contributed by atoms with van der Waals surface area (Å²) in [6.07, 6.45) is 12.4. The molecule has 3 N–H and O–H groups in total. The van der Waals surface area contributed by atoms with Gasteiger partial charge in [-0.15, -0.1) is 11.3 Å². The first kappa shape index (κ1) is 22.6. The number of allylic oxidation sites excluding steroid dienone is 1. The van der Waals surface area contributed by atoms with E-state index in [4.69, 9.17) is 10.1 Å². The SMILES string of the molecule is N=C/C(=C\NC1COC1)Nc1ccc(-c2cnc(C3CCCCC3)s2)c(S(=O)(=O)C2CC2)c1. The second-order valence-corrected chi connectivity index (χ2v) is 12.4. The number of hydrogen-bond donors (Lipinski definition) is 3. The summed E-state index contributed by atoms with van der Waals surface area (Å²) in [5.41, 5.74) is 1.94. The number of anilines is 1. The molecule has 0 bridgehead atoms. The Morgan fingerprint density at radius 2 is 1.94 bits per heavy atom. The highest BCUT2D eigenvalue weighted by molar-refractivity contribution is 7.92. The van der Waals surface area contributed by atoms with Crippen LogP contribution in [0.2, 0.25) is 0 Å². The maximum atomic E-state index is 13.3. The summed E-state index contributed by atoms with van der Waals surface area (Å²) in [7, 11) is -3.42. The maximum absolute atomic E-state index is 13.3. The molecule has 1 aromatic heterocycles. The molecule has 0 unspecified atom stereocenters. The minimum atomic E-state index is -3.42. The molecule has 2 aliphatic carbocycles. The average Bonchev–Trinajstić information content (AvgIpc) is 3.56. The maximum Gasteiger partial charge on any atom is 0.181 e. The van der Waals surface area contributed by atoms with E-state index < -0.39 is 9.84 Å². The molecular weight excluding hydrogens is 456 g/mol. The van der Waals surface area contributed by atoms with Crippen LogP contribution in [0.1, 0.15) is 55.9 Å². The molecular formula is C24H30N4O3S2. The van der Waals surface area contributed by atoms with Gasteiger partial charge in [0.1, 0.15) is 0 Å². The van der Waals surface area contributed by atoms with Crippen LogP contribution >= 0.6 is 11.3 Å². The van der Waals surface area contributed by atoms with Crippen LogP contribution in [0.4, 0.5) is 5.69 Å². The molecule has 0 atom stereocenters. The lowest BCUT2D eigenvalue weighted by Crippen LogP contribution is -2.43. The van der Waals surface area contributed by atoms with Crippen molar-refractivity contribution in [3.63, 3.8) is 0 Å². The number of benzene rings is 1. The Kier molecular flexibility index (Phi) is 6.53. The van der Waals surface area contributed by atoms with Crippen LogP contribution in [-0.2, 0) is 14.6 Å². The largest absolute Gasteiger partial charge is 0.382 e. The number of ether oxygens (including phenoxy) is 1. The first-order valence-corrected chi connectivity index (χ1v) is 14.1. The fourth-order valence-corrected chi connectivity index (χ4v) is 7.45.